The molecule has 4 rings (SSSR count). The van der Waals surface area contributed by atoms with E-state index in [0.29, 0.717) is 36.9 Å². The molecular formula is C23H24ClF2N3O2. The number of amides is 3. The summed E-state index contributed by atoms with van der Waals surface area (Å²) in [4.78, 5) is 28.5. The lowest BCUT2D eigenvalue weighted by atomic mass is 9.71. The number of hydrogen-bond donors (Lipinski definition) is 1. The normalized spacial score (nSPS) is 18.2. The molecule has 2 aromatic carbocycles. The molecule has 0 radical (unpaired) electrons. The summed E-state index contributed by atoms with van der Waals surface area (Å²) in [5.74, 6) is -2.25. The minimum Gasteiger partial charge on any atom is -0.338 e. The Labute approximate surface area is 185 Å². The average molecular weight is 448 g/mol. The quantitative estimate of drug-likeness (QED) is 0.690. The molecule has 8 heteroatoms. The summed E-state index contributed by atoms with van der Waals surface area (Å²) < 4.78 is 27.9. The van der Waals surface area contributed by atoms with Crippen molar-refractivity contribution >= 4 is 29.2 Å². The van der Waals surface area contributed by atoms with E-state index in [0.717, 1.165) is 37.8 Å². The number of benzene rings is 2. The zero-order valence-corrected chi connectivity index (χ0v) is 17.8. The summed E-state index contributed by atoms with van der Waals surface area (Å²) in [6.07, 6.45) is 3.22. The smallest absolute Gasteiger partial charge is 0.321 e. The molecule has 3 amide bonds. The topological polar surface area (TPSA) is 52.7 Å². The Morgan fingerprint density at radius 2 is 1.35 bits per heavy atom. The first-order valence-electron chi connectivity index (χ1n) is 10.4. The van der Waals surface area contributed by atoms with Gasteiger partial charge in [0.2, 0.25) is 0 Å². The van der Waals surface area contributed by atoms with Crippen LogP contribution in [0.4, 0.5) is 19.3 Å². The van der Waals surface area contributed by atoms with Gasteiger partial charge in [-0.1, -0.05) is 17.7 Å². The van der Waals surface area contributed by atoms with Crippen LogP contribution >= 0.6 is 11.6 Å². The number of rotatable bonds is 2. The molecule has 2 heterocycles. The van der Waals surface area contributed by atoms with E-state index in [-0.39, 0.29) is 11.4 Å². The van der Waals surface area contributed by atoms with Crippen molar-refractivity contribution in [1.82, 2.24) is 9.80 Å². The third kappa shape index (κ3) is 4.66. The van der Waals surface area contributed by atoms with Crippen molar-refractivity contribution in [3.8, 4) is 0 Å². The summed E-state index contributed by atoms with van der Waals surface area (Å²) in [6, 6.07) is 10.3. The zero-order valence-electron chi connectivity index (χ0n) is 17.0. The van der Waals surface area contributed by atoms with E-state index in [4.69, 9.17) is 11.6 Å². The van der Waals surface area contributed by atoms with Gasteiger partial charge in [0.15, 0.2) is 0 Å². The Bertz CT molecular complexity index is 945. The molecule has 0 atom stereocenters. The van der Waals surface area contributed by atoms with E-state index in [1.165, 1.54) is 11.0 Å². The first-order valence-corrected chi connectivity index (χ1v) is 10.8. The van der Waals surface area contributed by atoms with Crippen LogP contribution in [0.3, 0.4) is 0 Å². The maximum atomic E-state index is 14.0. The van der Waals surface area contributed by atoms with Gasteiger partial charge in [-0.15, -0.1) is 0 Å². The number of anilines is 1. The summed E-state index contributed by atoms with van der Waals surface area (Å²) in [5, 5.41) is 3.50. The summed E-state index contributed by atoms with van der Waals surface area (Å²) in [7, 11) is 0. The molecule has 2 aliphatic heterocycles. The van der Waals surface area contributed by atoms with Crippen molar-refractivity contribution in [2.45, 2.75) is 25.7 Å². The summed E-state index contributed by atoms with van der Waals surface area (Å²) in [6.45, 7) is 2.19. The maximum Gasteiger partial charge on any atom is 0.321 e. The van der Waals surface area contributed by atoms with Crippen LogP contribution in [0.1, 0.15) is 36.0 Å². The van der Waals surface area contributed by atoms with Crippen LogP contribution in [-0.2, 0) is 0 Å². The van der Waals surface area contributed by atoms with E-state index in [1.54, 1.807) is 29.2 Å². The van der Waals surface area contributed by atoms with E-state index in [1.807, 2.05) is 0 Å². The highest BCUT2D eigenvalue weighted by atomic mass is 35.5. The molecule has 0 saturated carbocycles. The lowest BCUT2D eigenvalue weighted by Gasteiger charge is -2.46. The van der Waals surface area contributed by atoms with E-state index in [2.05, 4.69) is 5.32 Å². The second-order valence-corrected chi connectivity index (χ2v) is 8.75. The highest BCUT2D eigenvalue weighted by molar-refractivity contribution is 6.30. The lowest BCUT2D eigenvalue weighted by molar-refractivity contribution is 0.0374. The van der Waals surface area contributed by atoms with Crippen LogP contribution in [0.15, 0.2) is 42.5 Å². The van der Waals surface area contributed by atoms with Gasteiger partial charge in [0.1, 0.15) is 17.2 Å². The number of hydrogen-bond acceptors (Lipinski definition) is 2. The van der Waals surface area contributed by atoms with Gasteiger partial charge in [-0.05, 0) is 67.5 Å². The van der Waals surface area contributed by atoms with Gasteiger partial charge in [0.25, 0.3) is 5.91 Å². The molecule has 1 spiro atoms. The van der Waals surface area contributed by atoms with E-state index < -0.39 is 23.1 Å². The fraction of sp³-hybridized carbons (Fsp3) is 0.391. The van der Waals surface area contributed by atoms with Gasteiger partial charge in [-0.3, -0.25) is 4.79 Å². The highest BCUT2D eigenvalue weighted by Crippen LogP contribution is 2.41. The fourth-order valence-corrected chi connectivity index (χ4v) is 4.59. The number of carbonyl (C=O) groups is 2. The standard InChI is InChI=1S/C23H24ClF2N3O2/c24-16-4-6-17(7-5-16)27-22(31)29-14-10-23(11-15-29)8-12-28(13-9-23)21(30)20-18(25)2-1-3-19(20)26/h1-7H,8-15H2,(H,27,31). The third-order valence-corrected chi connectivity index (χ3v) is 6.75. The Balaban J connectivity index is 1.31. The zero-order chi connectivity index (χ0) is 22.0. The molecule has 2 aromatic rings. The minimum absolute atomic E-state index is 0.0572. The van der Waals surface area contributed by atoms with Crippen LogP contribution < -0.4 is 5.32 Å². The molecule has 2 aliphatic rings. The molecule has 0 aromatic heterocycles. The average Bonchev–Trinajstić information content (AvgIpc) is 2.76. The number of carbonyl (C=O) groups excluding carboxylic acids is 2. The molecule has 5 nitrogen and oxygen atoms in total. The lowest BCUT2D eigenvalue weighted by Crippen LogP contribution is -2.50. The molecule has 31 heavy (non-hydrogen) atoms. The highest BCUT2D eigenvalue weighted by Gasteiger charge is 2.40. The van der Waals surface area contributed by atoms with Crippen molar-refractivity contribution in [3.63, 3.8) is 0 Å². The Morgan fingerprint density at radius 3 is 1.90 bits per heavy atom. The van der Waals surface area contributed by atoms with Gasteiger partial charge in [0.05, 0.1) is 0 Å². The number of piperidine rings is 2. The first kappa shape index (κ1) is 21.6. The van der Waals surface area contributed by atoms with Crippen molar-refractivity contribution < 1.29 is 18.4 Å². The third-order valence-electron chi connectivity index (χ3n) is 6.49. The van der Waals surface area contributed by atoms with E-state index >= 15 is 0 Å². The second-order valence-electron chi connectivity index (χ2n) is 8.31. The van der Waals surface area contributed by atoms with Gasteiger partial charge in [0, 0.05) is 36.9 Å². The van der Waals surface area contributed by atoms with Crippen LogP contribution in [0.5, 0.6) is 0 Å². The Morgan fingerprint density at radius 1 is 0.839 bits per heavy atom. The number of nitrogens with zero attached hydrogens (tertiary/aromatic N) is 2. The molecule has 2 saturated heterocycles. The molecule has 0 bridgehead atoms. The number of halogens is 3. The molecule has 2 fully saturated rings. The molecule has 0 unspecified atom stereocenters. The van der Waals surface area contributed by atoms with Crippen LogP contribution in [-0.4, -0.2) is 47.9 Å². The SMILES string of the molecule is O=C(Nc1ccc(Cl)cc1)N1CCC2(CC1)CCN(C(=O)c1c(F)cccc1F)CC2. The van der Waals surface area contributed by atoms with Crippen LogP contribution in [0, 0.1) is 17.0 Å². The first-order chi connectivity index (χ1) is 14.9. The minimum atomic E-state index is -0.828. The second kappa shape index (κ2) is 8.83. The van der Waals surface area contributed by atoms with Gasteiger partial charge < -0.3 is 15.1 Å². The Hall–Kier alpha value is -2.67. The fourth-order valence-electron chi connectivity index (χ4n) is 4.46. The van der Waals surface area contributed by atoms with Crippen molar-refractivity contribution in [2.24, 2.45) is 5.41 Å². The monoisotopic (exact) mass is 447 g/mol. The predicted octanol–water partition coefficient (Wildman–Crippen LogP) is 5.17. The van der Waals surface area contributed by atoms with Crippen molar-refractivity contribution in [3.05, 3.63) is 64.7 Å². The number of urea groups is 1. The van der Waals surface area contributed by atoms with Crippen molar-refractivity contribution in [1.29, 1.82) is 0 Å². The van der Waals surface area contributed by atoms with Gasteiger partial charge in [-0.2, -0.15) is 0 Å². The largest absolute Gasteiger partial charge is 0.338 e. The van der Waals surface area contributed by atoms with Crippen LogP contribution in [0.2, 0.25) is 5.02 Å². The molecular weight excluding hydrogens is 424 g/mol. The van der Waals surface area contributed by atoms with E-state index in [9.17, 15) is 18.4 Å². The summed E-state index contributed by atoms with van der Waals surface area (Å²) >= 11 is 5.87. The predicted molar refractivity (Wildman–Crippen MR) is 115 cm³/mol. The van der Waals surface area contributed by atoms with Gasteiger partial charge >= 0.3 is 6.03 Å². The van der Waals surface area contributed by atoms with Crippen LogP contribution in [0.25, 0.3) is 0 Å². The van der Waals surface area contributed by atoms with Crippen molar-refractivity contribution in [2.75, 3.05) is 31.5 Å². The molecule has 164 valence electrons. The maximum absolute atomic E-state index is 14.0. The number of likely N-dealkylation sites (tertiary alicyclic amines) is 2. The molecule has 1 N–H and O–H groups in total. The van der Waals surface area contributed by atoms with Gasteiger partial charge in [-0.25, -0.2) is 13.6 Å². The Kier molecular flexibility index (Phi) is 6.14. The number of nitrogens with one attached hydrogen (secondary N) is 1. The molecule has 0 aliphatic carbocycles. The summed E-state index contributed by atoms with van der Waals surface area (Å²) in [5.41, 5.74) is 0.274.